The standard InChI is InChI=1S/C18H23N3O5S2/c1-26-15-5-3-4-14(12-15)20-8-10-21(11-9-20)17-7-6-16(28(19,24)25)13-18(17)27(2,22)23/h3-7,12-13H,8-11H2,1-2H3,(H2,19,24,25). The number of anilines is 2. The lowest BCUT2D eigenvalue weighted by Gasteiger charge is -2.38. The summed E-state index contributed by atoms with van der Waals surface area (Å²) in [5.41, 5.74) is 1.52. The number of benzene rings is 2. The van der Waals surface area contributed by atoms with E-state index >= 15 is 0 Å². The minimum atomic E-state index is -3.99. The highest BCUT2D eigenvalue weighted by Gasteiger charge is 2.24. The summed E-state index contributed by atoms with van der Waals surface area (Å²) in [5, 5.41) is 5.15. The van der Waals surface area contributed by atoms with Crippen molar-refractivity contribution in [3.8, 4) is 5.75 Å². The van der Waals surface area contributed by atoms with Gasteiger partial charge in [0.2, 0.25) is 10.0 Å². The van der Waals surface area contributed by atoms with Gasteiger partial charge < -0.3 is 14.5 Å². The maximum atomic E-state index is 12.2. The lowest BCUT2D eigenvalue weighted by molar-refractivity contribution is 0.414. The van der Waals surface area contributed by atoms with E-state index in [-0.39, 0.29) is 9.79 Å². The Labute approximate surface area is 165 Å². The third-order valence-corrected chi connectivity index (χ3v) is 6.74. The Balaban J connectivity index is 1.86. The van der Waals surface area contributed by atoms with Crippen LogP contribution in [0.3, 0.4) is 0 Å². The molecule has 2 N–H and O–H groups in total. The number of hydrogen-bond donors (Lipinski definition) is 1. The van der Waals surface area contributed by atoms with Crippen LogP contribution in [0.2, 0.25) is 0 Å². The largest absolute Gasteiger partial charge is 0.497 e. The van der Waals surface area contributed by atoms with Crippen molar-refractivity contribution in [1.29, 1.82) is 0 Å². The molecule has 1 heterocycles. The second kappa shape index (κ2) is 7.61. The Hall–Kier alpha value is -2.30. The fraction of sp³-hybridized carbons (Fsp3) is 0.333. The van der Waals surface area contributed by atoms with Gasteiger partial charge >= 0.3 is 0 Å². The predicted molar refractivity (Wildman–Crippen MR) is 108 cm³/mol. The molecule has 10 heteroatoms. The first-order valence-corrected chi connectivity index (χ1v) is 12.0. The minimum Gasteiger partial charge on any atom is -0.497 e. The van der Waals surface area contributed by atoms with Gasteiger partial charge in [-0.3, -0.25) is 0 Å². The van der Waals surface area contributed by atoms with Crippen molar-refractivity contribution in [2.45, 2.75) is 9.79 Å². The monoisotopic (exact) mass is 425 g/mol. The molecular formula is C18H23N3O5S2. The van der Waals surface area contributed by atoms with E-state index in [0.29, 0.717) is 31.9 Å². The molecule has 1 saturated heterocycles. The number of primary sulfonamides is 1. The molecule has 1 fully saturated rings. The molecule has 0 bridgehead atoms. The minimum absolute atomic E-state index is 0.0335. The molecule has 1 aliphatic rings. The Kier molecular flexibility index (Phi) is 5.55. The molecule has 0 saturated carbocycles. The Bertz CT molecular complexity index is 1080. The quantitative estimate of drug-likeness (QED) is 0.763. The smallest absolute Gasteiger partial charge is 0.238 e. The molecule has 0 atom stereocenters. The topological polar surface area (TPSA) is 110 Å². The summed E-state index contributed by atoms with van der Waals surface area (Å²) in [6, 6.07) is 11.7. The van der Waals surface area contributed by atoms with Gasteiger partial charge in [0.15, 0.2) is 9.84 Å². The lowest BCUT2D eigenvalue weighted by Crippen LogP contribution is -2.47. The molecule has 152 valence electrons. The maximum absolute atomic E-state index is 12.2. The first kappa shape index (κ1) is 20.4. The number of methoxy groups -OCH3 is 1. The Morgan fingerprint density at radius 2 is 1.57 bits per heavy atom. The van der Waals surface area contributed by atoms with Crippen LogP contribution < -0.4 is 19.7 Å². The summed E-state index contributed by atoms with van der Waals surface area (Å²) in [7, 11) is -6.00. The van der Waals surface area contributed by atoms with Gasteiger partial charge in [-0.05, 0) is 30.3 Å². The van der Waals surface area contributed by atoms with Crippen LogP contribution in [0.15, 0.2) is 52.3 Å². The molecule has 3 rings (SSSR count). The molecule has 0 unspecified atom stereocenters. The number of sulfone groups is 1. The average molecular weight is 426 g/mol. The van der Waals surface area contributed by atoms with E-state index in [1.807, 2.05) is 29.2 Å². The zero-order valence-electron chi connectivity index (χ0n) is 15.7. The van der Waals surface area contributed by atoms with E-state index in [4.69, 9.17) is 9.88 Å². The molecule has 2 aromatic carbocycles. The number of nitrogens with zero attached hydrogens (tertiary/aromatic N) is 2. The van der Waals surface area contributed by atoms with Gasteiger partial charge in [0.25, 0.3) is 0 Å². The molecule has 0 aromatic heterocycles. The highest BCUT2D eigenvalue weighted by atomic mass is 32.2. The number of hydrogen-bond acceptors (Lipinski definition) is 7. The zero-order chi connectivity index (χ0) is 20.5. The molecule has 8 nitrogen and oxygen atoms in total. The Morgan fingerprint density at radius 1 is 0.929 bits per heavy atom. The number of sulfonamides is 1. The van der Waals surface area contributed by atoms with Crippen molar-refractivity contribution in [2.75, 3.05) is 49.3 Å². The summed E-state index contributed by atoms with van der Waals surface area (Å²) < 4.78 is 53.0. The van der Waals surface area contributed by atoms with Crippen molar-refractivity contribution in [1.82, 2.24) is 0 Å². The first-order chi connectivity index (χ1) is 13.1. The fourth-order valence-electron chi connectivity index (χ4n) is 3.24. The molecule has 0 spiro atoms. The molecule has 0 aliphatic carbocycles. The van der Waals surface area contributed by atoms with E-state index in [2.05, 4.69) is 4.90 Å². The van der Waals surface area contributed by atoms with Gasteiger partial charge in [0.1, 0.15) is 5.75 Å². The van der Waals surface area contributed by atoms with Crippen molar-refractivity contribution in [2.24, 2.45) is 5.14 Å². The average Bonchev–Trinajstić information content (AvgIpc) is 2.66. The van der Waals surface area contributed by atoms with Gasteiger partial charge in [0.05, 0.1) is 22.6 Å². The van der Waals surface area contributed by atoms with Crippen LogP contribution in [0, 0.1) is 0 Å². The third-order valence-electron chi connectivity index (χ3n) is 4.70. The fourth-order valence-corrected chi connectivity index (χ4v) is 4.77. The summed E-state index contributed by atoms with van der Waals surface area (Å²) >= 11 is 0. The zero-order valence-corrected chi connectivity index (χ0v) is 17.3. The first-order valence-electron chi connectivity index (χ1n) is 8.60. The number of nitrogens with two attached hydrogens (primary N) is 1. The van der Waals surface area contributed by atoms with Crippen LogP contribution in [0.5, 0.6) is 5.75 Å². The van der Waals surface area contributed by atoms with Crippen LogP contribution in [-0.4, -0.2) is 56.4 Å². The van der Waals surface area contributed by atoms with Crippen LogP contribution in [0.4, 0.5) is 11.4 Å². The molecule has 28 heavy (non-hydrogen) atoms. The van der Waals surface area contributed by atoms with Crippen molar-refractivity contribution in [3.63, 3.8) is 0 Å². The van der Waals surface area contributed by atoms with Crippen molar-refractivity contribution < 1.29 is 21.6 Å². The summed E-state index contributed by atoms with van der Waals surface area (Å²) in [6.45, 7) is 2.56. The molecule has 1 aliphatic heterocycles. The number of piperazine rings is 1. The Morgan fingerprint density at radius 3 is 2.14 bits per heavy atom. The molecule has 0 radical (unpaired) electrons. The van der Waals surface area contributed by atoms with Crippen LogP contribution in [0.25, 0.3) is 0 Å². The van der Waals surface area contributed by atoms with Crippen molar-refractivity contribution >= 4 is 31.2 Å². The van der Waals surface area contributed by atoms with Gasteiger partial charge in [-0.1, -0.05) is 6.07 Å². The number of rotatable bonds is 5. The van der Waals surface area contributed by atoms with E-state index in [1.165, 1.54) is 12.1 Å². The van der Waals surface area contributed by atoms with E-state index < -0.39 is 19.9 Å². The van der Waals surface area contributed by atoms with E-state index in [1.54, 1.807) is 7.11 Å². The van der Waals surface area contributed by atoms with Crippen LogP contribution in [0.1, 0.15) is 0 Å². The van der Waals surface area contributed by atoms with Gasteiger partial charge in [-0.25, -0.2) is 22.0 Å². The van der Waals surface area contributed by atoms with Gasteiger partial charge in [-0.15, -0.1) is 0 Å². The van der Waals surface area contributed by atoms with E-state index in [9.17, 15) is 16.8 Å². The highest BCUT2D eigenvalue weighted by Crippen LogP contribution is 2.30. The summed E-state index contributed by atoms with van der Waals surface area (Å²) in [5.74, 6) is 0.776. The maximum Gasteiger partial charge on any atom is 0.238 e. The molecule has 2 aromatic rings. The highest BCUT2D eigenvalue weighted by molar-refractivity contribution is 7.91. The van der Waals surface area contributed by atoms with Gasteiger partial charge in [0, 0.05) is 44.2 Å². The van der Waals surface area contributed by atoms with Crippen molar-refractivity contribution in [3.05, 3.63) is 42.5 Å². The second-order valence-electron chi connectivity index (χ2n) is 6.62. The molecular weight excluding hydrogens is 402 g/mol. The van der Waals surface area contributed by atoms with Crippen LogP contribution >= 0.6 is 0 Å². The third kappa shape index (κ3) is 4.40. The van der Waals surface area contributed by atoms with Crippen LogP contribution in [-0.2, 0) is 19.9 Å². The summed E-state index contributed by atoms with van der Waals surface area (Å²) in [6.07, 6.45) is 1.06. The second-order valence-corrected chi connectivity index (χ2v) is 10.2. The molecule has 0 amide bonds. The SMILES string of the molecule is COc1cccc(N2CCN(c3ccc(S(N)(=O)=O)cc3S(C)(=O)=O)CC2)c1. The normalized spacial score (nSPS) is 15.5. The lowest BCUT2D eigenvalue weighted by atomic mass is 10.2. The van der Waals surface area contributed by atoms with E-state index in [0.717, 1.165) is 23.8 Å². The predicted octanol–water partition coefficient (Wildman–Crippen LogP) is 1.07. The number of ether oxygens (including phenoxy) is 1. The summed E-state index contributed by atoms with van der Waals surface area (Å²) in [4.78, 5) is 3.89. The van der Waals surface area contributed by atoms with Gasteiger partial charge in [-0.2, -0.15) is 0 Å².